The van der Waals surface area contributed by atoms with Gasteiger partial charge in [-0.25, -0.2) is 0 Å². The van der Waals surface area contributed by atoms with Gasteiger partial charge >= 0.3 is 0 Å². The molecule has 5 N–H and O–H groups in total. The summed E-state index contributed by atoms with van der Waals surface area (Å²) in [4.78, 5) is 21.8. The molecule has 0 saturated heterocycles. The average Bonchev–Trinajstić information content (AvgIpc) is 1.98. The number of primary amides is 1. The lowest BCUT2D eigenvalue weighted by Gasteiger charge is -2.11. The quantitative estimate of drug-likeness (QED) is 0.658. The third-order valence-corrected chi connectivity index (χ3v) is 1.68. The zero-order valence-corrected chi connectivity index (χ0v) is 8.82. The molecule has 1 atom stereocenters. The van der Waals surface area contributed by atoms with E-state index in [-0.39, 0.29) is 29.6 Å². The first-order chi connectivity index (χ1) is 6.97. The van der Waals surface area contributed by atoms with Crippen LogP contribution in [-0.2, 0) is 4.79 Å². The summed E-state index contributed by atoms with van der Waals surface area (Å²) >= 11 is 5.57. The Morgan fingerprint density at radius 2 is 2.20 bits per heavy atom. The Labute approximate surface area is 91.2 Å². The van der Waals surface area contributed by atoms with Gasteiger partial charge in [0.15, 0.2) is 0 Å². The highest BCUT2D eigenvalue weighted by atomic mass is 35.5. The highest BCUT2D eigenvalue weighted by molar-refractivity contribution is 6.28. The molecule has 15 heavy (non-hydrogen) atoms. The number of amides is 1. The van der Waals surface area contributed by atoms with Crippen LogP contribution in [0.15, 0.2) is 0 Å². The fourth-order valence-corrected chi connectivity index (χ4v) is 1.17. The highest BCUT2D eigenvalue weighted by Gasteiger charge is 2.08. The lowest BCUT2D eigenvalue weighted by Crippen LogP contribution is -2.25. The number of hydrogen-bond donors (Lipinski definition) is 3. The zero-order chi connectivity index (χ0) is 11.4. The van der Waals surface area contributed by atoms with Gasteiger partial charge in [-0.05, 0) is 18.5 Å². The van der Waals surface area contributed by atoms with Crippen LogP contribution in [0.25, 0.3) is 0 Å². The zero-order valence-electron chi connectivity index (χ0n) is 8.07. The van der Waals surface area contributed by atoms with Crippen molar-refractivity contribution in [1.29, 1.82) is 0 Å². The van der Waals surface area contributed by atoms with Crippen molar-refractivity contribution in [3.63, 3.8) is 0 Å². The van der Waals surface area contributed by atoms with E-state index < -0.39 is 5.91 Å². The molecule has 1 rings (SSSR count). The van der Waals surface area contributed by atoms with E-state index in [0.717, 1.165) is 0 Å². The number of halogens is 1. The topological polar surface area (TPSA) is 120 Å². The minimum Gasteiger partial charge on any atom is -0.370 e. The van der Waals surface area contributed by atoms with Gasteiger partial charge in [0.25, 0.3) is 0 Å². The molecule has 0 aromatic carbocycles. The molecule has 0 aliphatic carbocycles. The summed E-state index contributed by atoms with van der Waals surface area (Å²) < 4.78 is 0. The van der Waals surface area contributed by atoms with Crippen molar-refractivity contribution in [2.24, 2.45) is 5.73 Å². The second kappa shape index (κ2) is 4.74. The van der Waals surface area contributed by atoms with Crippen molar-refractivity contribution in [1.82, 2.24) is 15.0 Å². The number of aromatic nitrogens is 3. The van der Waals surface area contributed by atoms with Crippen LogP contribution < -0.4 is 16.8 Å². The van der Waals surface area contributed by atoms with Crippen LogP contribution in [0.4, 0.5) is 11.9 Å². The first-order valence-corrected chi connectivity index (χ1v) is 4.57. The molecule has 82 valence electrons. The Bertz CT molecular complexity index is 350. The molecular formula is C7H11ClN6O. The molecule has 0 fully saturated rings. The van der Waals surface area contributed by atoms with Crippen molar-refractivity contribution in [3.05, 3.63) is 5.28 Å². The van der Waals surface area contributed by atoms with Gasteiger partial charge in [0.2, 0.25) is 23.1 Å². The van der Waals surface area contributed by atoms with E-state index in [9.17, 15) is 4.79 Å². The molecular weight excluding hydrogens is 220 g/mol. The average molecular weight is 231 g/mol. The maximum Gasteiger partial charge on any atom is 0.229 e. The fraction of sp³-hybridized carbons (Fsp3) is 0.429. The molecule has 0 bridgehead atoms. The number of rotatable bonds is 4. The molecule has 8 heteroatoms. The van der Waals surface area contributed by atoms with Crippen molar-refractivity contribution in [2.75, 3.05) is 11.1 Å². The SMILES string of the molecule is CC(CC(N)=O)Nc1nc(N)nc(Cl)n1. The number of anilines is 2. The largest absolute Gasteiger partial charge is 0.370 e. The highest BCUT2D eigenvalue weighted by Crippen LogP contribution is 2.08. The Hall–Kier alpha value is -1.63. The Morgan fingerprint density at radius 3 is 2.73 bits per heavy atom. The summed E-state index contributed by atoms with van der Waals surface area (Å²) in [6, 6.07) is -0.194. The minimum atomic E-state index is -0.414. The van der Waals surface area contributed by atoms with Crippen LogP contribution in [0.2, 0.25) is 5.28 Å². The summed E-state index contributed by atoms with van der Waals surface area (Å²) in [6.07, 6.45) is 0.170. The first kappa shape index (κ1) is 11.4. The molecule has 1 aromatic heterocycles. The summed E-state index contributed by atoms with van der Waals surface area (Å²) in [5, 5.41) is 2.82. The van der Waals surface area contributed by atoms with Gasteiger partial charge in [0, 0.05) is 12.5 Å². The van der Waals surface area contributed by atoms with E-state index in [1.807, 2.05) is 0 Å². The van der Waals surface area contributed by atoms with Gasteiger partial charge in [-0.2, -0.15) is 15.0 Å². The fourth-order valence-electron chi connectivity index (χ4n) is 1.00. The first-order valence-electron chi connectivity index (χ1n) is 4.19. The van der Waals surface area contributed by atoms with E-state index in [1.54, 1.807) is 6.92 Å². The molecule has 7 nitrogen and oxygen atoms in total. The van der Waals surface area contributed by atoms with Crippen molar-refractivity contribution in [3.8, 4) is 0 Å². The summed E-state index contributed by atoms with van der Waals surface area (Å²) in [6.45, 7) is 1.76. The van der Waals surface area contributed by atoms with Gasteiger partial charge in [-0.1, -0.05) is 0 Å². The molecule has 1 unspecified atom stereocenters. The summed E-state index contributed by atoms with van der Waals surface area (Å²) in [5.41, 5.74) is 10.4. The molecule has 0 radical (unpaired) electrons. The maximum atomic E-state index is 10.6. The molecule has 1 amide bonds. The van der Waals surface area contributed by atoms with E-state index in [1.165, 1.54) is 0 Å². The number of carbonyl (C=O) groups is 1. The number of carbonyl (C=O) groups excluding carboxylic acids is 1. The lowest BCUT2D eigenvalue weighted by atomic mass is 10.2. The Balaban J connectivity index is 2.67. The predicted octanol–water partition coefficient (Wildman–Crippen LogP) is -0.217. The molecule has 0 saturated carbocycles. The summed E-state index contributed by atoms with van der Waals surface area (Å²) in [5.74, 6) is -0.173. The van der Waals surface area contributed by atoms with Crippen LogP contribution >= 0.6 is 11.6 Å². The van der Waals surface area contributed by atoms with Crippen molar-refractivity contribution < 1.29 is 4.79 Å². The smallest absolute Gasteiger partial charge is 0.229 e. The second-order valence-corrected chi connectivity index (χ2v) is 3.34. The number of hydrogen-bond acceptors (Lipinski definition) is 6. The third kappa shape index (κ3) is 3.94. The van der Waals surface area contributed by atoms with Gasteiger partial charge < -0.3 is 16.8 Å². The van der Waals surface area contributed by atoms with Crippen LogP contribution in [0.1, 0.15) is 13.3 Å². The molecule has 1 aromatic rings. The third-order valence-electron chi connectivity index (χ3n) is 1.51. The normalized spacial score (nSPS) is 12.1. The van der Waals surface area contributed by atoms with Gasteiger partial charge in [0.05, 0.1) is 0 Å². The van der Waals surface area contributed by atoms with E-state index in [4.69, 9.17) is 23.1 Å². The summed E-state index contributed by atoms with van der Waals surface area (Å²) in [7, 11) is 0. The number of nitrogens with one attached hydrogen (secondary N) is 1. The lowest BCUT2D eigenvalue weighted by molar-refractivity contribution is -0.118. The van der Waals surface area contributed by atoms with Gasteiger partial charge in [-0.3, -0.25) is 4.79 Å². The van der Waals surface area contributed by atoms with Gasteiger partial charge in [0.1, 0.15) is 0 Å². The molecule has 1 heterocycles. The van der Waals surface area contributed by atoms with Crippen LogP contribution in [-0.4, -0.2) is 26.9 Å². The standard InChI is InChI=1S/C7H11ClN6O/c1-3(2-4(9)15)11-7-13-5(8)12-6(10)14-7/h3H,2H2,1H3,(H2,9,15)(H3,10,11,12,13,14). The van der Waals surface area contributed by atoms with Crippen molar-refractivity contribution in [2.45, 2.75) is 19.4 Å². The molecule has 0 spiro atoms. The van der Waals surface area contributed by atoms with Gasteiger partial charge in [-0.15, -0.1) is 0 Å². The van der Waals surface area contributed by atoms with Crippen LogP contribution in [0, 0.1) is 0 Å². The van der Waals surface area contributed by atoms with E-state index >= 15 is 0 Å². The molecule has 0 aliphatic rings. The Morgan fingerprint density at radius 1 is 1.53 bits per heavy atom. The monoisotopic (exact) mass is 230 g/mol. The maximum absolute atomic E-state index is 10.6. The minimum absolute atomic E-state index is 0.00345. The number of nitrogen functional groups attached to an aromatic ring is 1. The van der Waals surface area contributed by atoms with Crippen LogP contribution in [0.3, 0.4) is 0 Å². The second-order valence-electron chi connectivity index (χ2n) is 3.00. The van der Waals surface area contributed by atoms with Crippen molar-refractivity contribution >= 4 is 29.4 Å². The van der Waals surface area contributed by atoms with Crippen LogP contribution in [0.5, 0.6) is 0 Å². The Kier molecular flexibility index (Phi) is 3.62. The predicted molar refractivity (Wildman–Crippen MR) is 56.1 cm³/mol. The number of nitrogens with two attached hydrogens (primary N) is 2. The molecule has 0 aliphatic heterocycles. The van der Waals surface area contributed by atoms with E-state index in [0.29, 0.717) is 0 Å². The number of nitrogens with zero attached hydrogens (tertiary/aromatic N) is 3. The van der Waals surface area contributed by atoms with E-state index in [2.05, 4.69) is 20.3 Å².